The number of hydrogen-bond donors (Lipinski definition) is 2. The minimum Gasteiger partial charge on any atom is -0.493 e. The summed E-state index contributed by atoms with van der Waals surface area (Å²) in [6, 6.07) is 6.75. The molecular formula is C25H29FN6O2. The highest BCUT2D eigenvalue weighted by Crippen LogP contribution is 2.41. The Balaban J connectivity index is 1.50. The molecule has 1 fully saturated rings. The first-order chi connectivity index (χ1) is 16.5. The van der Waals surface area contributed by atoms with Crippen molar-refractivity contribution in [3.63, 3.8) is 0 Å². The molecule has 1 amide bonds. The number of rotatable bonds is 9. The van der Waals surface area contributed by atoms with Gasteiger partial charge in [0.2, 0.25) is 0 Å². The lowest BCUT2D eigenvalue weighted by atomic mass is 9.79. The number of aromatic amines is 1. The molecule has 3 heterocycles. The van der Waals surface area contributed by atoms with E-state index < -0.39 is 11.4 Å². The van der Waals surface area contributed by atoms with E-state index in [9.17, 15) is 4.79 Å². The first kappa shape index (κ1) is 22.3. The van der Waals surface area contributed by atoms with E-state index in [0.717, 1.165) is 19.4 Å². The van der Waals surface area contributed by atoms with E-state index in [1.807, 2.05) is 23.9 Å². The zero-order chi connectivity index (χ0) is 23.7. The number of carbonyl (C=O) groups excluding carboxylic acids is 1. The second-order valence-electron chi connectivity index (χ2n) is 9.36. The van der Waals surface area contributed by atoms with Gasteiger partial charge in [0.15, 0.2) is 5.82 Å². The van der Waals surface area contributed by atoms with Crippen molar-refractivity contribution < 1.29 is 13.9 Å². The van der Waals surface area contributed by atoms with Crippen molar-refractivity contribution in [2.24, 2.45) is 5.92 Å². The largest absolute Gasteiger partial charge is 0.493 e. The summed E-state index contributed by atoms with van der Waals surface area (Å²) in [6.45, 7) is 5.31. The van der Waals surface area contributed by atoms with Crippen LogP contribution in [0, 0.1) is 11.7 Å². The van der Waals surface area contributed by atoms with Gasteiger partial charge in [0.1, 0.15) is 17.9 Å². The van der Waals surface area contributed by atoms with Gasteiger partial charge in [0.05, 0.1) is 23.4 Å². The molecule has 1 unspecified atom stereocenters. The van der Waals surface area contributed by atoms with Gasteiger partial charge in [-0.05, 0) is 49.8 Å². The Morgan fingerprint density at radius 3 is 2.85 bits per heavy atom. The number of ether oxygens (including phenoxy) is 1. The summed E-state index contributed by atoms with van der Waals surface area (Å²) >= 11 is 0. The van der Waals surface area contributed by atoms with Crippen molar-refractivity contribution in [3.05, 3.63) is 59.7 Å². The van der Waals surface area contributed by atoms with Gasteiger partial charge in [-0.1, -0.05) is 19.4 Å². The first-order valence-electron chi connectivity index (χ1n) is 11.8. The Morgan fingerprint density at radius 1 is 1.29 bits per heavy atom. The second-order valence-corrected chi connectivity index (χ2v) is 9.36. The average molecular weight is 465 g/mol. The van der Waals surface area contributed by atoms with Crippen molar-refractivity contribution >= 4 is 17.1 Å². The number of amides is 1. The van der Waals surface area contributed by atoms with Crippen LogP contribution < -0.4 is 10.1 Å². The van der Waals surface area contributed by atoms with Crippen LogP contribution in [-0.4, -0.2) is 37.5 Å². The van der Waals surface area contributed by atoms with E-state index in [1.54, 1.807) is 12.1 Å². The Morgan fingerprint density at radius 2 is 2.15 bits per heavy atom. The third kappa shape index (κ3) is 4.47. The van der Waals surface area contributed by atoms with E-state index in [2.05, 4.69) is 27.4 Å². The van der Waals surface area contributed by atoms with Crippen LogP contribution in [0.3, 0.4) is 0 Å². The lowest BCUT2D eigenvalue weighted by Crippen LogP contribution is -2.48. The first-order valence-corrected chi connectivity index (χ1v) is 11.8. The van der Waals surface area contributed by atoms with Gasteiger partial charge in [-0.2, -0.15) is 10.2 Å². The Labute approximate surface area is 197 Å². The molecular weight excluding hydrogens is 435 g/mol. The molecule has 8 nitrogen and oxygen atoms in total. The predicted molar refractivity (Wildman–Crippen MR) is 125 cm³/mol. The highest BCUT2D eigenvalue weighted by Gasteiger charge is 2.41. The summed E-state index contributed by atoms with van der Waals surface area (Å²) in [5.74, 6) is 0.754. The molecule has 1 atom stereocenters. The van der Waals surface area contributed by atoms with Crippen molar-refractivity contribution in [2.75, 3.05) is 6.61 Å². The monoisotopic (exact) mass is 464 g/mol. The van der Waals surface area contributed by atoms with Crippen LogP contribution >= 0.6 is 0 Å². The lowest BCUT2D eigenvalue weighted by Gasteiger charge is -2.37. The number of nitrogens with zero attached hydrogens (tertiary/aromatic N) is 4. The number of aromatic nitrogens is 5. The molecule has 2 aliphatic rings. The smallest absolute Gasteiger partial charge is 0.256 e. The lowest BCUT2D eigenvalue weighted by molar-refractivity contribution is -0.117. The minimum atomic E-state index is -0.970. The van der Waals surface area contributed by atoms with Gasteiger partial charge in [-0.3, -0.25) is 14.6 Å². The number of benzene rings is 1. The molecule has 0 radical (unpaired) electrons. The summed E-state index contributed by atoms with van der Waals surface area (Å²) < 4.78 is 22.8. The fourth-order valence-corrected chi connectivity index (χ4v) is 4.45. The summed E-state index contributed by atoms with van der Waals surface area (Å²) in [7, 11) is 0. The van der Waals surface area contributed by atoms with Crippen molar-refractivity contribution in [2.45, 2.75) is 58.0 Å². The highest BCUT2D eigenvalue weighted by atomic mass is 19.1. The van der Waals surface area contributed by atoms with E-state index in [-0.39, 0.29) is 5.91 Å². The summed E-state index contributed by atoms with van der Waals surface area (Å²) in [5.41, 5.74) is 1.21. The number of nitrogens with one attached hydrogen (secondary N) is 2. The fourth-order valence-electron chi connectivity index (χ4n) is 4.45. The van der Waals surface area contributed by atoms with Gasteiger partial charge < -0.3 is 10.1 Å². The van der Waals surface area contributed by atoms with Gasteiger partial charge in [-0.25, -0.2) is 9.37 Å². The van der Waals surface area contributed by atoms with Crippen molar-refractivity contribution in [3.8, 4) is 5.75 Å². The van der Waals surface area contributed by atoms with Gasteiger partial charge >= 0.3 is 0 Å². The van der Waals surface area contributed by atoms with Crippen LogP contribution in [0.15, 0.2) is 36.8 Å². The van der Waals surface area contributed by atoms with E-state index in [4.69, 9.17) is 9.84 Å². The van der Waals surface area contributed by atoms with Crippen LogP contribution in [0.2, 0.25) is 0 Å². The third-order valence-electron chi connectivity index (χ3n) is 6.49. The third-order valence-corrected chi connectivity index (χ3v) is 6.49. The number of unbranched alkanes of at least 4 members (excludes halogenated alkanes) is 1. The van der Waals surface area contributed by atoms with Gasteiger partial charge in [-0.15, -0.1) is 0 Å². The van der Waals surface area contributed by atoms with Crippen molar-refractivity contribution in [1.82, 2.24) is 30.3 Å². The average Bonchev–Trinajstić information content (AvgIpc) is 3.24. The number of hydrogen-bond acceptors (Lipinski definition) is 5. The molecule has 2 N–H and O–H groups in total. The molecule has 3 aromatic rings. The van der Waals surface area contributed by atoms with E-state index in [1.165, 1.54) is 25.2 Å². The number of carbonyl (C=O) groups is 1. The normalized spacial score (nSPS) is 20.5. The second kappa shape index (κ2) is 9.04. The summed E-state index contributed by atoms with van der Waals surface area (Å²) in [6.07, 6.45) is 8.00. The maximum Gasteiger partial charge on any atom is 0.256 e. The maximum atomic E-state index is 15.3. The molecule has 34 heavy (non-hydrogen) atoms. The Hall–Kier alpha value is -3.49. The van der Waals surface area contributed by atoms with Gasteiger partial charge in [0.25, 0.3) is 5.91 Å². The topological polar surface area (TPSA) is 97.7 Å². The molecule has 1 aromatic carbocycles. The zero-order valence-corrected chi connectivity index (χ0v) is 19.5. The molecule has 178 valence electrons. The number of H-pyrrole nitrogens is 1. The molecule has 0 saturated heterocycles. The molecule has 1 saturated carbocycles. The molecule has 1 aliphatic heterocycles. The highest BCUT2D eigenvalue weighted by molar-refractivity contribution is 6.27. The molecule has 9 heteroatoms. The van der Waals surface area contributed by atoms with Crippen LogP contribution in [-0.2, 0) is 16.9 Å². The molecule has 1 aliphatic carbocycles. The van der Waals surface area contributed by atoms with E-state index >= 15 is 4.39 Å². The maximum absolute atomic E-state index is 15.3. The van der Waals surface area contributed by atoms with Crippen LogP contribution in [0.25, 0.3) is 11.1 Å². The Bertz CT molecular complexity index is 1210. The predicted octanol–water partition coefficient (Wildman–Crippen LogP) is 4.08. The van der Waals surface area contributed by atoms with Crippen molar-refractivity contribution in [1.29, 1.82) is 0 Å². The molecule has 0 bridgehead atoms. The van der Waals surface area contributed by atoms with Crippen LogP contribution in [0.4, 0.5) is 4.39 Å². The minimum absolute atomic E-state index is 0.347. The summed E-state index contributed by atoms with van der Waals surface area (Å²) in [4.78, 5) is 17.6. The number of halogens is 1. The zero-order valence-electron chi connectivity index (χ0n) is 19.5. The summed E-state index contributed by atoms with van der Waals surface area (Å²) in [5, 5.41) is 14.5. The van der Waals surface area contributed by atoms with Crippen LogP contribution in [0.5, 0.6) is 5.75 Å². The van der Waals surface area contributed by atoms with Gasteiger partial charge in [0, 0.05) is 30.8 Å². The van der Waals surface area contributed by atoms with Crippen LogP contribution in [0.1, 0.15) is 63.0 Å². The molecule has 0 spiro atoms. The molecule has 2 aromatic heterocycles. The fraction of sp³-hybridized carbons (Fsp3) is 0.440. The SMILES string of the molecule is CCCCOc1ccc(C2(C)CC(c3ccn(CC4CC4)n3)=C(c3ncn[nH]3)C(=O)N2)c(F)c1. The quantitative estimate of drug-likeness (QED) is 0.465. The van der Waals surface area contributed by atoms with E-state index in [0.29, 0.717) is 52.9 Å². The molecule has 5 rings (SSSR count). The standard InChI is InChI=1S/C25H29FN6O2/c1-3-4-11-34-17-7-8-19(20(26)12-17)25(2)13-18(21-9-10-32(31-21)14-16-5-6-16)22(24(33)29-25)23-27-15-28-30-23/h7-10,12,15-16H,3-6,11,13-14H2,1-2H3,(H,29,33)(H,27,28,30). The Kier molecular flexibility index (Phi) is 5.93.